The number of piperidine rings is 1. The molecule has 2 aliphatic heterocycles. The van der Waals surface area contributed by atoms with Gasteiger partial charge < -0.3 is 15.4 Å². The highest BCUT2D eigenvalue weighted by molar-refractivity contribution is 5.91. The van der Waals surface area contributed by atoms with Crippen molar-refractivity contribution in [3.8, 4) is 0 Å². The molecule has 0 radical (unpaired) electrons. The van der Waals surface area contributed by atoms with Crippen LogP contribution in [-0.4, -0.2) is 62.8 Å². The van der Waals surface area contributed by atoms with Crippen LogP contribution in [0.2, 0.25) is 0 Å². The number of aromatic amines is 1. The summed E-state index contributed by atoms with van der Waals surface area (Å²) >= 11 is 0. The molecule has 0 aromatic carbocycles. The fourth-order valence-corrected chi connectivity index (χ4v) is 5.32. The lowest BCUT2D eigenvalue weighted by molar-refractivity contribution is -0.140. The number of methoxy groups -OCH3 is 1. The molecule has 0 saturated carbocycles. The highest BCUT2D eigenvalue weighted by atomic mass is 16.5. The Kier molecular flexibility index (Phi) is 6.13. The third-order valence-electron chi connectivity index (χ3n) is 6.81. The van der Waals surface area contributed by atoms with E-state index in [1.54, 1.807) is 0 Å². The van der Waals surface area contributed by atoms with Crippen molar-refractivity contribution < 1.29 is 9.53 Å². The topological polar surface area (TPSA) is 108 Å². The van der Waals surface area contributed by atoms with E-state index >= 15 is 0 Å². The van der Waals surface area contributed by atoms with Gasteiger partial charge in [0.05, 0.1) is 12.6 Å². The molecule has 1 unspecified atom stereocenters. The van der Waals surface area contributed by atoms with Crippen LogP contribution < -0.4 is 10.6 Å². The summed E-state index contributed by atoms with van der Waals surface area (Å²) in [6, 6.07) is 9.39. The zero-order valence-corrected chi connectivity index (χ0v) is 19.2. The van der Waals surface area contributed by atoms with Crippen molar-refractivity contribution >= 4 is 34.3 Å². The highest BCUT2D eigenvalue weighted by Crippen LogP contribution is 2.37. The van der Waals surface area contributed by atoms with Gasteiger partial charge in [0, 0.05) is 54.0 Å². The maximum absolute atomic E-state index is 11.5. The number of H-pyrrole nitrogens is 1. The van der Waals surface area contributed by atoms with Crippen molar-refractivity contribution in [2.24, 2.45) is 0 Å². The van der Waals surface area contributed by atoms with Crippen molar-refractivity contribution in [2.45, 2.75) is 63.6 Å². The number of nitrogens with one attached hydrogen (secondary N) is 3. The van der Waals surface area contributed by atoms with Crippen LogP contribution in [0.5, 0.6) is 0 Å². The number of fused-ring (bicyclic) bond motifs is 3. The molecule has 33 heavy (non-hydrogen) atoms. The Hall–Kier alpha value is -3.20. The van der Waals surface area contributed by atoms with Crippen molar-refractivity contribution in [1.82, 2.24) is 25.1 Å². The maximum Gasteiger partial charge on any atom is 0.305 e. The molecular weight excluding hydrogens is 418 g/mol. The first kappa shape index (κ1) is 21.6. The minimum atomic E-state index is -0.121. The molecule has 0 spiro atoms. The summed E-state index contributed by atoms with van der Waals surface area (Å²) < 4.78 is 4.79. The first-order valence-electron chi connectivity index (χ1n) is 11.7. The second kappa shape index (κ2) is 9.35. The Morgan fingerprint density at radius 2 is 2.06 bits per heavy atom. The predicted molar refractivity (Wildman–Crippen MR) is 128 cm³/mol. The Bertz CT molecular complexity index is 1120. The molecule has 5 rings (SSSR count). The van der Waals surface area contributed by atoms with E-state index in [1.165, 1.54) is 20.0 Å². The van der Waals surface area contributed by atoms with Crippen molar-refractivity contribution in [1.29, 1.82) is 0 Å². The van der Waals surface area contributed by atoms with Crippen LogP contribution in [0.3, 0.4) is 0 Å². The van der Waals surface area contributed by atoms with Crippen molar-refractivity contribution in [3.05, 3.63) is 36.2 Å². The van der Waals surface area contributed by atoms with E-state index < -0.39 is 0 Å². The van der Waals surface area contributed by atoms with Gasteiger partial charge in [-0.2, -0.15) is 5.10 Å². The summed E-state index contributed by atoms with van der Waals surface area (Å²) in [4.78, 5) is 23.5. The number of aromatic nitrogens is 4. The Labute approximate surface area is 193 Å². The second-order valence-corrected chi connectivity index (χ2v) is 9.10. The lowest BCUT2D eigenvalue weighted by Crippen LogP contribution is -2.47. The molecule has 3 N–H and O–H groups in total. The first-order valence-corrected chi connectivity index (χ1v) is 11.7. The molecule has 5 heterocycles. The van der Waals surface area contributed by atoms with Crippen LogP contribution >= 0.6 is 0 Å². The standard InChI is InChI=1S/C24H31N7O2/c1-15-11-22(30-29-15)27-21-14-20-19(5-3-9-25-20)24(28-21)26-16-12-17-7-8-18(13-16)31(17)10-4-6-23(32)33-2/h3,5,9,11,14,16-18H,4,6-8,10,12-13H2,1-2H3,(H3,26,27,28,29,30)/t16?,17-,18+. The molecule has 9 heteroatoms. The third kappa shape index (κ3) is 4.78. The average Bonchev–Trinajstić information content (AvgIpc) is 3.32. The summed E-state index contributed by atoms with van der Waals surface area (Å²) in [5.41, 5.74) is 1.89. The number of hydrogen-bond donors (Lipinski definition) is 3. The highest BCUT2D eigenvalue weighted by Gasteiger charge is 2.40. The molecule has 2 aliphatic rings. The lowest BCUT2D eigenvalue weighted by atomic mass is 9.96. The average molecular weight is 450 g/mol. The number of nitrogens with zero attached hydrogens (tertiary/aromatic N) is 4. The molecule has 2 saturated heterocycles. The fourth-order valence-electron chi connectivity index (χ4n) is 5.32. The number of pyridine rings is 2. The smallest absolute Gasteiger partial charge is 0.305 e. The van der Waals surface area contributed by atoms with Crippen LogP contribution in [0, 0.1) is 6.92 Å². The summed E-state index contributed by atoms with van der Waals surface area (Å²) in [7, 11) is 1.46. The zero-order valence-electron chi connectivity index (χ0n) is 19.2. The molecule has 2 bridgehead atoms. The van der Waals surface area contributed by atoms with Crippen LogP contribution in [0.1, 0.15) is 44.2 Å². The van der Waals surface area contributed by atoms with Gasteiger partial charge in [0.1, 0.15) is 11.6 Å². The third-order valence-corrected chi connectivity index (χ3v) is 6.81. The molecule has 3 aromatic rings. The van der Waals surface area contributed by atoms with Gasteiger partial charge >= 0.3 is 5.97 Å². The number of carbonyl (C=O) groups excluding carboxylic acids is 1. The van der Waals surface area contributed by atoms with E-state index in [4.69, 9.17) is 9.72 Å². The monoisotopic (exact) mass is 449 g/mol. The number of aryl methyl sites for hydroxylation is 1. The van der Waals surface area contributed by atoms with E-state index in [9.17, 15) is 4.79 Å². The molecular formula is C24H31N7O2. The summed E-state index contributed by atoms with van der Waals surface area (Å²) in [6.45, 7) is 2.93. The summed E-state index contributed by atoms with van der Waals surface area (Å²) in [6.07, 6.45) is 7.75. The van der Waals surface area contributed by atoms with Gasteiger partial charge in [0.15, 0.2) is 5.82 Å². The largest absolute Gasteiger partial charge is 0.469 e. The minimum Gasteiger partial charge on any atom is -0.469 e. The number of ether oxygens (including phenoxy) is 1. The fraction of sp³-hybridized carbons (Fsp3) is 0.500. The van der Waals surface area contributed by atoms with Crippen LogP contribution in [-0.2, 0) is 9.53 Å². The zero-order chi connectivity index (χ0) is 22.8. The van der Waals surface area contributed by atoms with Crippen LogP contribution in [0.4, 0.5) is 17.5 Å². The van der Waals surface area contributed by atoms with Gasteiger partial charge in [0.2, 0.25) is 0 Å². The van der Waals surface area contributed by atoms with Gasteiger partial charge in [-0.3, -0.25) is 19.8 Å². The molecule has 0 aliphatic carbocycles. The van der Waals surface area contributed by atoms with Crippen molar-refractivity contribution in [3.63, 3.8) is 0 Å². The van der Waals surface area contributed by atoms with E-state index in [0.29, 0.717) is 24.5 Å². The molecule has 0 amide bonds. The SMILES string of the molecule is COC(=O)CCCN1[C@@H]2CC[C@H]1CC(Nc1nc(Nc3cc(C)[nH]n3)cc3ncccc13)C2. The first-order chi connectivity index (χ1) is 16.1. The van der Waals surface area contributed by atoms with Gasteiger partial charge in [-0.25, -0.2) is 4.98 Å². The summed E-state index contributed by atoms with van der Waals surface area (Å²) in [5.74, 6) is 2.20. The molecule has 3 aromatic heterocycles. The normalized spacial score (nSPS) is 22.4. The van der Waals surface area contributed by atoms with E-state index in [0.717, 1.165) is 59.9 Å². The minimum absolute atomic E-state index is 0.121. The van der Waals surface area contributed by atoms with Crippen LogP contribution in [0.15, 0.2) is 30.5 Å². The molecule has 3 atom stereocenters. The van der Waals surface area contributed by atoms with Gasteiger partial charge in [-0.1, -0.05) is 0 Å². The molecule has 2 fully saturated rings. The number of anilines is 3. The van der Waals surface area contributed by atoms with Crippen molar-refractivity contribution in [2.75, 3.05) is 24.3 Å². The number of hydrogen-bond acceptors (Lipinski definition) is 8. The Balaban J connectivity index is 1.30. The lowest BCUT2D eigenvalue weighted by Gasteiger charge is -2.39. The maximum atomic E-state index is 11.5. The Morgan fingerprint density at radius 3 is 2.79 bits per heavy atom. The summed E-state index contributed by atoms with van der Waals surface area (Å²) in [5, 5.41) is 15.3. The van der Waals surface area contributed by atoms with E-state index in [2.05, 4.69) is 36.8 Å². The second-order valence-electron chi connectivity index (χ2n) is 9.10. The number of carbonyl (C=O) groups is 1. The van der Waals surface area contributed by atoms with Crippen LogP contribution in [0.25, 0.3) is 10.9 Å². The van der Waals surface area contributed by atoms with Gasteiger partial charge in [-0.15, -0.1) is 0 Å². The number of rotatable bonds is 8. The molecule has 174 valence electrons. The van der Waals surface area contributed by atoms with Gasteiger partial charge in [0.25, 0.3) is 0 Å². The predicted octanol–water partition coefficient (Wildman–Crippen LogP) is 3.77. The van der Waals surface area contributed by atoms with E-state index in [1.807, 2.05) is 31.3 Å². The quantitative estimate of drug-likeness (QED) is 0.446. The van der Waals surface area contributed by atoms with E-state index in [-0.39, 0.29) is 5.97 Å². The van der Waals surface area contributed by atoms with Gasteiger partial charge in [-0.05, 0) is 57.7 Å². The number of esters is 1. The molecule has 9 nitrogen and oxygen atoms in total. The Morgan fingerprint density at radius 1 is 1.24 bits per heavy atom.